The van der Waals surface area contributed by atoms with E-state index in [-0.39, 0.29) is 10.8 Å². The van der Waals surface area contributed by atoms with Crippen LogP contribution < -0.4 is 10.5 Å². The van der Waals surface area contributed by atoms with E-state index in [1.165, 1.54) is 42.5 Å². The number of nitrogens with one attached hydrogen (secondary N) is 1. The van der Waals surface area contributed by atoms with E-state index in [0.29, 0.717) is 24.2 Å². The molecule has 2 aliphatic carbocycles. The minimum absolute atomic E-state index is 0.0337. The average molecular weight is 414 g/mol. The number of fused-ring (bicyclic) bond motifs is 1. The molecule has 1 atom stereocenters. The molecule has 2 aliphatic rings. The van der Waals surface area contributed by atoms with Gasteiger partial charge in [0.2, 0.25) is 15.9 Å². The highest BCUT2D eigenvalue weighted by Gasteiger charge is 2.36. The number of nitrogens with two attached hydrogens (primary N) is 1. The van der Waals surface area contributed by atoms with E-state index in [0.717, 1.165) is 19.4 Å². The molecule has 3 N–H and O–H groups in total. The maximum atomic E-state index is 12.5. The summed E-state index contributed by atoms with van der Waals surface area (Å²) in [5.41, 5.74) is 3.43. The van der Waals surface area contributed by atoms with Gasteiger partial charge in [0.25, 0.3) is 0 Å². The highest BCUT2D eigenvalue weighted by atomic mass is 32.2. The van der Waals surface area contributed by atoms with Gasteiger partial charge in [-0.25, -0.2) is 13.6 Å². The first kappa shape index (κ1) is 20.1. The molecule has 0 radical (unpaired) electrons. The van der Waals surface area contributed by atoms with Gasteiger partial charge in [-0.2, -0.15) is 0 Å². The molecular weight excluding hydrogens is 386 g/mol. The second-order valence-electron chi connectivity index (χ2n) is 7.94. The molecule has 0 bridgehead atoms. The number of benzene rings is 2. The number of nitrogens with zero attached hydrogens (tertiary/aromatic N) is 1. The van der Waals surface area contributed by atoms with Crippen LogP contribution in [0.5, 0.6) is 0 Å². The van der Waals surface area contributed by atoms with Gasteiger partial charge >= 0.3 is 0 Å². The lowest BCUT2D eigenvalue weighted by molar-refractivity contribution is -0.116. The fourth-order valence-electron chi connectivity index (χ4n) is 4.25. The van der Waals surface area contributed by atoms with Crippen LogP contribution in [0.4, 0.5) is 5.69 Å². The quantitative estimate of drug-likeness (QED) is 0.729. The predicted octanol–water partition coefficient (Wildman–Crippen LogP) is 3.20. The Balaban J connectivity index is 1.39. The van der Waals surface area contributed by atoms with Crippen LogP contribution in [0.25, 0.3) is 0 Å². The highest BCUT2D eigenvalue weighted by molar-refractivity contribution is 7.89. The van der Waals surface area contributed by atoms with Crippen molar-refractivity contribution in [1.29, 1.82) is 0 Å². The summed E-state index contributed by atoms with van der Waals surface area (Å²) in [5.74, 6) is -0.0666. The van der Waals surface area contributed by atoms with Crippen molar-refractivity contribution < 1.29 is 13.2 Å². The SMILES string of the molecule is NS(=O)(=O)c1ccc(NC(=O)CCN(C2CC2)C2CCCc3ccccc32)cc1. The lowest BCUT2D eigenvalue weighted by Gasteiger charge is -2.36. The van der Waals surface area contributed by atoms with Crippen molar-refractivity contribution in [2.75, 3.05) is 11.9 Å². The number of hydrogen-bond donors (Lipinski definition) is 2. The third-order valence-electron chi connectivity index (χ3n) is 5.82. The smallest absolute Gasteiger partial charge is 0.238 e. The monoisotopic (exact) mass is 413 g/mol. The van der Waals surface area contributed by atoms with Crippen LogP contribution in [0.1, 0.15) is 49.3 Å². The molecule has 1 unspecified atom stereocenters. The van der Waals surface area contributed by atoms with E-state index >= 15 is 0 Å². The Morgan fingerprint density at radius 3 is 2.48 bits per heavy atom. The summed E-state index contributed by atoms with van der Waals surface area (Å²) >= 11 is 0. The molecule has 2 aromatic rings. The second-order valence-corrected chi connectivity index (χ2v) is 9.50. The van der Waals surface area contributed by atoms with Crippen molar-refractivity contribution >= 4 is 21.6 Å². The first-order chi connectivity index (χ1) is 13.9. The lowest BCUT2D eigenvalue weighted by Crippen LogP contribution is -2.35. The summed E-state index contributed by atoms with van der Waals surface area (Å²) < 4.78 is 22.7. The number of primary sulfonamides is 1. The average Bonchev–Trinajstić information content (AvgIpc) is 3.53. The van der Waals surface area contributed by atoms with Crippen molar-refractivity contribution in [2.24, 2.45) is 5.14 Å². The summed E-state index contributed by atoms with van der Waals surface area (Å²) in [6.45, 7) is 0.727. The minimum Gasteiger partial charge on any atom is -0.326 e. The van der Waals surface area contributed by atoms with Crippen molar-refractivity contribution in [3.8, 4) is 0 Å². The first-order valence-corrected chi connectivity index (χ1v) is 11.7. The maximum absolute atomic E-state index is 12.5. The molecule has 0 saturated heterocycles. The normalized spacial score (nSPS) is 19.0. The summed E-state index contributed by atoms with van der Waals surface area (Å²) in [4.78, 5) is 15.0. The van der Waals surface area contributed by atoms with Crippen molar-refractivity contribution in [1.82, 2.24) is 4.90 Å². The first-order valence-electron chi connectivity index (χ1n) is 10.2. The second kappa shape index (κ2) is 8.26. The van der Waals surface area contributed by atoms with Gasteiger partial charge in [0.1, 0.15) is 0 Å². The van der Waals surface area contributed by atoms with Crippen LogP contribution in [0.2, 0.25) is 0 Å². The zero-order chi connectivity index (χ0) is 20.4. The largest absolute Gasteiger partial charge is 0.326 e. The lowest BCUT2D eigenvalue weighted by atomic mass is 9.86. The number of carbonyl (C=O) groups is 1. The summed E-state index contributed by atoms with van der Waals surface area (Å²) in [6.07, 6.45) is 6.29. The Morgan fingerprint density at radius 1 is 1.07 bits per heavy atom. The zero-order valence-corrected chi connectivity index (χ0v) is 17.2. The van der Waals surface area contributed by atoms with Crippen LogP contribution >= 0.6 is 0 Å². The van der Waals surface area contributed by atoms with Crippen LogP contribution in [0, 0.1) is 0 Å². The Labute approximate surface area is 172 Å². The molecular formula is C22H27N3O3S. The minimum atomic E-state index is -3.73. The van der Waals surface area contributed by atoms with Gasteiger partial charge in [0.15, 0.2) is 0 Å². The fraction of sp³-hybridized carbons (Fsp3) is 0.409. The molecule has 154 valence electrons. The molecule has 0 aliphatic heterocycles. The topological polar surface area (TPSA) is 92.5 Å². The highest BCUT2D eigenvalue weighted by Crippen LogP contribution is 2.40. The van der Waals surface area contributed by atoms with E-state index in [2.05, 4.69) is 34.5 Å². The molecule has 4 rings (SSSR count). The molecule has 1 amide bonds. The number of carbonyl (C=O) groups excluding carboxylic acids is 1. The Hall–Kier alpha value is -2.22. The molecule has 2 aromatic carbocycles. The Bertz CT molecular complexity index is 985. The standard InChI is InChI=1S/C22H27N3O3S/c23-29(27,28)19-12-8-17(9-13-19)24-22(26)14-15-25(18-10-11-18)21-7-3-5-16-4-1-2-6-20(16)21/h1-2,4,6,8-9,12-13,18,21H,3,5,7,10-11,14-15H2,(H,24,26)(H2,23,27,28). The van der Waals surface area contributed by atoms with Gasteiger partial charge in [-0.3, -0.25) is 9.69 Å². The molecule has 0 heterocycles. The van der Waals surface area contributed by atoms with Crippen molar-refractivity contribution in [3.63, 3.8) is 0 Å². The number of anilines is 1. The molecule has 7 heteroatoms. The predicted molar refractivity (Wildman–Crippen MR) is 113 cm³/mol. The Kier molecular flexibility index (Phi) is 5.72. The number of aryl methyl sites for hydroxylation is 1. The molecule has 1 saturated carbocycles. The van der Waals surface area contributed by atoms with E-state index in [1.54, 1.807) is 12.1 Å². The van der Waals surface area contributed by atoms with E-state index in [9.17, 15) is 13.2 Å². The van der Waals surface area contributed by atoms with Crippen LogP contribution in [-0.4, -0.2) is 31.8 Å². The van der Waals surface area contributed by atoms with Gasteiger partial charge in [0, 0.05) is 30.7 Å². The molecule has 1 fully saturated rings. The van der Waals surface area contributed by atoms with Gasteiger partial charge in [-0.15, -0.1) is 0 Å². The third kappa shape index (κ3) is 4.86. The fourth-order valence-corrected chi connectivity index (χ4v) is 4.77. The van der Waals surface area contributed by atoms with Crippen molar-refractivity contribution in [2.45, 2.75) is 55.5 Å². The van der Waals surface area contributed by atoms with Gasteiger partial charge < -0.3 is 5.32 Å². The summed E-state index contributed by atoms with van der Waals surface area (Å²) in [6, 6.07) is 15.6. The number of hydrogen-bond acceptors (Lipinski definition) is 4. The van der Waals surface area contributed by atoms with E-state index < -0.39 is 10.0 Å². The third-order valence-corrected chi connectivity index (χ3v) is 6.75. The Morgan fingerprint density at radius 2 is 1.79 bits per heavy atom. The summed E-state index contributed by atoms with van der Waals surface area (Å²) in [7, 11) is -3.73. The van der Waals surface area contributed by atoms with Crippen LogP contribution in [0.3, 0.4) is 0 Å². The van der Waals surface area contributed by atoms with Gasteiger partial charge in [0.05, 0.1) is 4.90 Å². The number of rotatable bonds is 7. The van der Waals surface area contributed by atoms with Crippen LogP contribution in [-0.2, 0) is 21.2 Å². The molecule has 0 aromatic heterocycles. The molecule has 0 spiro atoms. The molecule has 29 heavy (non-hydrogen) atoms. The van der Waals surface area contributed by atoms with E-state index in [4.69, 9.17) is 5.14 Å². The molecule has 6 nitrogen and oxygen atoms in total. The summed E-state index contributed by atoms with van der Waals surface area (Å²) in [5, 5.41) is 7.96. The zero-order valence-electron chi connectivity index (χ0n) is 16.4. The van der Waals surface area contributed by atoms with Gasteiger partial charge in [-0.05, 0) is 67.5 Å². The van der Waals surface area contributed by atoms with E-state index in [1.807, 2.05) is 0 Å². The van der Waals surface area contributed by atoms with Crippen LogP contribution in [0.15, 0.2) is 53.4 Å². The van der Waals surface area contributed by atoms with Crippen molar-refractivity contribution in [3.05, 3.63) is 59.7 Å². The maximum Gasteiger partial charge on any atom is 0.238 e. The number of amides is 1. The van der Waals surface area contributed by atoms with Gasteiger partial charge in [-0.1, -0.05) is 24.3 Å². The number of sulfonamides is 1.